The molecule has 0 aliphatic carbocycles. The number of hydrogen-bond donors (Lipinski definition) is 0. The number of thiazole rings is 1. The number of hydrogen-bond acceptors (Lipinski definition) is 4. The van der Waals surface area contributed by atoms with E-state index in [1.807, 2.05) is 0 Å². The van der Waals surface area contributed by atoms with Gasteiger partial charge in [-0.15, -0.1) is 0 Å². The lowest BCUT2D eigenvalue weighted by atomic mass is 10.2. The second-order valence-electron chi connectivity index (χ2n) is 2.79. The van der Waals surface area contributed by atoms with Crippen molar-refractivity contribution in [1.29, 1.82) is 0 Å². The van der Waals surface area contributed by atoms with Gasteiger partial charge in [0, 0.05) is 18.0 Å². The van der Waals surface area contributed by atoms with Gasteiger partial charge in [-0.2, -0.15) is 0 Å². The van der Waals surface area contributed by atoms with E-state index in [2.05, 4.69) is 11.9 Å². The predicted octanol–water partition coefficient (Wildman–Crippen LogP) is 2.41. The normalized spacial score (nSPS) is 10.0. The second-order valence-corrected chi connectivity index (χ2v) is 3.87. The molecule has 0 aromatic carbocycles. The zero-order valence-corrected chi connectivity index (χ0v) is 8.69. The highest BCUT2D eigenvalue weighted by atomic mass is 32.1. The molecule has 0 aliphatic rings. The van der Waals surface area contributed by atoms with Crippen LogP contribution in [0.1, 0.15) is 31.6 Å². The number of nitrogens with zero attached hydrogens (tertiary/aromatic N) is 1. The van der Waals surface area contributed by atoms with E-state index >= 15 is 0 Å². The van der Waals surface area contributed by atoms with E-state index in [9.17, 15) is 4.79 Å². The quantitative estimate of drug-likeness (QED) is 0.699. The highest BCUT2D eigenvalue weighted by Crippen LogP contribution is 2.21. The molecule has 13 heavy (non-hydrogen) atoms. The third-order valence-corrected chi connectivity index (χ3v) is 2.48. The summed E-state index contributed by atoms with van der Waals surface area (Å²) < 4.78 is 4.84. The Morgan fingerprint density at radius 3 is 3.08 bits per heavy atom. The zero-order chi connectivity index (χ0) is 9.68. The molecule has 1 heterocycles. The lowest BCUT2D eigenvalue weighted by Crippen LogP contribution is -2.00. The molecule has 0 saturated heterocycles. The van der Waals surface area contributed by atoms with E-state index in [0.717, 1.165) is 12.8 Å². The number of ether oxygens (including phenoxy) is 1. The number of esters is 1. The standard InChI is InChI=1S/C9H13NO2S/c1-3-4-5-8-6-10-9(13-8)12-7(2)11/h6H,3-5H2,1-2H3. The minimum atomic E-state index is -0.309. The Morgan fingerprint density at radius 2 is 2.46 bits per heavy atom. The van der Waals surface area contributed by atoms with E-state index in [4.69, 9.17) is 4.74 Å². The molecule has 0 bridgehead atoms. The van der Waals surface area contributed by atoms with Gasteiger partial charge in [0.05, 0.1) is 0 Å². The molecule has 3 nitrogen and oxygen atoms in total. The molecule has 72 valence electrons. The van der Waals surface area contributed by atoms with Crippen LogP contribution in [-0.2, 0) is 11.2 Å². The molecule has 0 N–H and O–H groups in total. The van der Waals surface area contributed by atoms with Crippen LogP contribution in [0.4, 0.5) is 0 Å². The first-order valence-corrected chi connectivity index (χ1v) is 5.17. The Bertz CT molecular complexity index is 283. The van der Waals surface area contributed by atoms with Crippen LogP contribution in [-0.4, -0.2) is 11.0 Å². The predicted molar refractivity (Wildman–Crippen MR) is 52.0 cm³/mol. The van der Waals surface area contributed by atoms with Crippen molar-refractivity contribution in [2.75, 3.05) is 0 Å². The number of unbranched alkanes of at least 4 members (excludes halogenated alkanes) is 1. The summed E-state index contributed by atoms with van der Waals surface area (Å²) in [6, 6.07) is 0. The van der Waals surface area contributed by atoms with Gasteiger partial charge >= 0.3 is 5.97 Å². The topological polar surface area (TPSA) is 39.2 Å². The van der Waals surface area contributed by atoms with Crippen LogP contribution in [0.15, 0.2) is 6.20 Å². The molecular formula is C9H13NO2S. The van der Waals surface area contributed by atoms with Crippen LogP contribution < -0.4 is 4.74 Å². The minimum Gasteiger partial charge on any atom is -0.398 e. The average molecular weight is 199 g/mol. The van der Waals surface area contributed by atoms with Gasteiger partial charge in [-0.25, -0.2) is 4.98 Å². The van der Waals surface area contributed by atoms with Crippen LogP contribution in [0.25, 0.3) is 0 Å². The number of rotatable bonds is 4. The molecule has 0 radical (unpaired) electrons. The lowest BCUT2D eigenvalue weighted by molar-refractivity contribution is -0.131. The fraction of sp³-hybridized carbons (Fsp3) is 0.556. The monoisotopic (exact) mass is 199 g/mol. The molecule has 4 heteroatoms. The molecule has 0 fully saturated rings. The van der Waals surface area contributed by atoms with Crippen LogP contribution in [0.2, 0.25) is 0 Å². The summed E-state index contributed by atoms with van der Waals surface area (Å²) in [6.45, 7) is 3.53. The smallest absolute Gasteiger partial charge is 0.309 e. The highest BCUT2D eigenvalue weighted by molar-refractivity contribution is 7.13. The van der Waals surface area contributed by atoms with Crippen molar-refractivity contribution in [3.63, 3.8) is 0 Å². The summed E-state index contributed by atoms with van der Waals surface area (Å²) in [7, 11) is 0. The molecule has 0 atom stereocenters. The minimum absolute atomic E-state index is 0.309. The van der Waals surface area contributed by atoms with Gasteiger partial charge in [0.25, 0.3) is 5.19 Å². The van der Waals surface area contributed by atoms with Crippen LogP contribution in [0.3, 0.4) is 0 Å². The summed E-state index contributed by atoms with van der Waals surface area (Å²) in [5.74, 6) is -0.309. The maximum atomic E-state index is 10.6. The number of aromatic nitrogens is 1. The Labute approximate surface area is 81.8 Å². The van der Waals surface area contributed by atoms with E-state index in [1.54, 1.807) is 6.20 Å². The van der Waals surface area contributed by atoms with Crippen molar-refractivity contribution in [3.05, 3.63) is 11.1 Å². The van der Waals surface area contributed by atoms with Crippen LogP contribution >= 0.6 is 11.3 Å². The van der Waals surface area contributed by atoms with Gasteiger partial charge in [-0.3, -0.25) is 4.79 Å². The Morgan fingerprint density at radius 1 is 1.69 bits per heavy atom. The van der Waals surface area contributed by atoms with Crippen LogP contribution in [0.5, 0.6) is 5.19 Å². The molecule has 0 spiro atoms. The van der Waals surface area contributed by atoms with Gasteiger partial charge in [-0.1, -0.05) is 24.7 Å². The fourth-order valence-corrected chi connectivity index (χ4v) is 1.77. The third kappa shape index (κ3) is 3.55. The van der Waals surface area contributed by atoms with E-state index in [-0.39, 0.29) is 5.97 Å². The highest BCUT2D eigenvalue weighted by Gasteiger charge is 2.04. The largest absolute Gasteiger partial charge is 0.398 e. The summed E-state index contributed by atoms with van der Waals surface area (Å²) in [5, 5.41) is 0.457. The molecule has 1 rings (SSSR count). The molecule has 0 amide bonds. The Balaban J connectivity index is 2.48. The zero-order valence-electron chi connectivity index (χ0n) is 7.87. The van der Waals surface area contributed by atoms with E-state index in [1.165, 1.54) is 29.6 Å². The molecule has 0 saturated carbocycles. The first-order chi connectivity index (χ1) is 6.22. The number of carbonyl (C=O) groups is 1. The number of aryl methyl sites for hydroxylation is 1. The maximum absolute atomic E-state index is 10.6. The van der Waals surface area contributed by atoms with E-state index < -0.39 is 0 Å². The SMILES string of the molecule is CCCCc1cnc(OC(C)=O)s1. The summed E-state index contributed by atoms with van der Waals surface area (Å²) >= 11 is 1.45. The lowest BCUT2D eigenvalue weighted by Gasteiger charge is -1.92. The van der Waals surface area contributed by atoms with Crippen LogP contribution in [0, 0.1) is 0 Å². The van der Waals surface area contributed by atoms with Crippen molar-refractivity contribution in [3.8, 4) is 5.19 Å². The van der Waals surface area contributed by atoms with Gasteiger partial charge in [0.1, 0.15) is 0 Å². The summed E-state index contributed by atoms with van der Waals surface area (Å²) in [5.41, 5.74) is 0. The first-order valence-electron chi connectivity index (χ1n) is 4.35. The maximum Gasteiger partial charge on any atom is 0.309 e. The Hall–Kier alpha value is -0.900. The van der Waals surface area contributed by atoms with Crippen molar-refractivity contribution < 1.29 is 9.53 Å². The molecular weight excluding hydrogens is 186 g/mol. The van der Waals surface area contributed by atoms with Crippen molar-refractivity contribution in [1.82, 2.24) is 4.98 Å². The second kappa shape index (κ2) is 4.97. The average Bonchev–Trinajstić information content (AvgIpc) is 2.48. The fourth-order valence-electron chi connectivity index (χ4n) is 0.926. The molecule has 0 aliphatic heterocycles. The summed E-state index contributed by atoms with van der Waals surface area (Å²) in [6.07, 6.45) is 5.12. The van der Waals surface area contributed by atoms with Gasteiger partial charge < -0.3 is 4.74 Å². The first kappa shape index (κ1) is 10.2. The van der Waals surface area contributed by atoms with E-state index in [0.29, 0.717) is 5.19 Å². The molecule has 0 unspecified atom stereocenters. The van der Waals surface area contributed by atoms with Crippen molar-refractivity contribution >= 4 is 17.3 Å². The molecule has 1 aromatic heterocycles. The van der Waals surface area contributed by atoms with Crippen molar-refractivity contribution in [2.45, 2.75) is 33.1 Å². The number of carbonyl (C=O) groups excluding carboxylic acids is 1. The summed E-state index contributed by atoms with van der Waals surface area (Å²) in [4.78, 5) is 15.7. The Kier molecular flexibility index (Phi) is 3.89. The third-order valence-electron chi connectivity index (χ3n) is 1.54. The molecule has 1 aromatic rings. The van der Waals surface area contributed by atoms with Gasteiger partial charge in [-0.05, 0) is 12.8 Å². The van der Waals surface area contributed by atoms with Gasteiger partial charge in [0.2, 0.25) is 0 Å². The van der Waals surface area contributed by atoms with Crippen molar-refractivity contribution in [2.24, 2.45) is 0 Å². The van der Waals surface area contributed by atoms with Gasteiger partial charge in [0.15, 0.2) is 0 Å².